The zero-order valence-corrected chi connectivity index (χ0v) is 72.0. The van der Waals surface area contributed by atoms with Gasteiger partial charge in [-0.25, -0.2) is 13.6 Å². The number of amides is 6. The highest BCUT2D eigenvalue weighted by Gasteiger charge is 2.22. The van der Waals surface area contributed by atoms with Gasteiger partial charge < -0.3 is 67.3 Å². The molecular formula is C104H104F2N6O18. The molecule has 0 aromatic heterocycles. The first-order valence-electron chi connectivity index (χ1n) is 42.5. The fourth-order valence-electron chi connectivity index (χ4n) is 13.7. The molecule has 12 aromatic rings. The average Bonchev–Trinajstić information content (AvgIpc) is 0.805. The number of nitrogens with one attached hydrogen (secondary N) is 6. The van der Waals surface area contributed by atoms with Gasteiger partial charge in [0.2, 0.25) is 17.7 Å². The van der Waals surface area contributed by atoms with Crippen molar-refractivity contribution in [2.24, 2.45) is 0 Å². The maximum atomic E-state index is 14.1. The van der Waals surface area contributed by atoms with Crippen LogP contribution in [0.5, 0.6) is 11.5 Å². The van der Waals surface area contributed by atoms with E-state index in [-0.39, 0.29) is 90.9 Å². The minimum absolute atomic E-state index is 0.00570. The molecule has 6 amide bonds. The summed E-state index contributed by atoms with van der Waals surface area (Å²) in [6.07, 6.45) is 9.27. The molecule has 0 radical (unpaired) electrons. The molecular weight excluding hydrogens is 1660 g/mol. The first-order chi connectivity index (χ1) is 62.6. The van der Waals surface area contributed by atoms with E-state index < -0.39 is 53.4 Å². The molecule has 0 saturated heterocycles. The number of carbonyl (C=O) groups excluding carboxylic acids is 6. The third-order valence-electron chi connectivity index (χ3n) is 20.9. The first kappa shape index (κ1) is 98.3. The van der Waals surface area contributed by atoms with Crippen LogP contribution in [0.3, 0.4) is 0 Å². The number of phenols is 1. The van der Waals surface area contributed by atoms with Crippen LogP contribution < -0.4 is 36.6 Å². The lowest BCUT2D eigenvalue weighted by molar-refractivity contribution is -0.142. The number of aromatic hydroxyl groups is 1. The van der Waals surface area contributed by atoms with Gasteiger partial charge in [-0.1, -0.05) is 152 Å². The van der Waals surface area contributed by atoms with Crippen molar-refractivity contribution >= 4 is 104 Å². The number of halogens is 2. The Morgan fingerprint density at radius 3 is 1.15 bits per heavy atom. The lowest BCUT2D eigenvalue weighted by Crippen LogP contribution is -2.42. The normalized spacial score (nSPS) is 11.0. The van der Waals surface area contributed by atoms with Crippen molar-refractivity contribution < 1.29 is 96.9 Å². The number of phenolic OH excluding ortho intramolecular Hbond substituents is 1. The number of anilines is 5. The van der Waals surface area contributed by atoms with Gasteiger partial charge in [0.25, 0.3) is 17.7 Å². The molecule has 2 unspecified atom stereocenters. The standard InChI is InChI=1S/C29H32N2O4.C28H28N2O6.C24H25NO4.C23H19F2NO4/c32-27(15-7-13-22-9-3-1-4-10-22)30-25-19-17-23(18-20-25)14-8-16-28(33)31-26(29(34)35)21-24-11-5-2-6-12-24;31-25(32)5-1-3-19-7-15-23(16-8-19)29-27(35)21-11-13-22(14-12-21)28(36)30-24-17-9-20(10-18-24)4-2-6-26(33)34;1-16(18-8-9-20-15-22(29-2)13-10-19(20)14-18)24(28)25-21-11-6-17(7-12-21)4-3-5-23(26)27;24-16-7-10-18(20(25)13-16)15-6-11-21(27)19(12-15)23(30)26-17-8-4-14(5-9-17)2-1-3-22(28)29/h1-6,9-12,17-20,26H,7-8,13-16,21H2,(H,30,32)(H,31,33)(H,34,35);7-18H,1-6H2,(H,29,35)(H,30,36)(H,31,32)(H,33,34);6-16H,3-5H2,1-2H3,(H,25,28)(H,26,27);4-13,27H,1-3H2,(H,26,30)(H,28,29). The number of carboxylic acid groups (broad SMARTS) is 5. The molecule has 0 spiro atoms. The summed E-state index contributed by atoms with van der Waals surface area (Å²) in [6, 6.07) is 80.4. The van der Waals surface area contributed by atoms with E-state index >= 15 is 0 Å². The molecule has 26 heteroatoms. The maximum Gasteiger partial charge on any atom is 0.326 e. The molecule has 0 aliphatic heterocycles. The number of carboxylic acids is 5. The van der Waals surface area contributed by atoms with Gasteiger partial charge in [-0.15, -0.1) is 0 Å². The number of hydrogen-bond donors (Lipinski definition) is 12. The molecule has 0 saturated carbocycles. The van der Waals surface area contributed by atoms with Gasteiger partial charge in [-0.05, 0) is 266 Å². The second-order valence-electron chi connectivity index (χ2n) is 30.8. The zero-order valence-electron chi connectivity index (χ0n) is 72.0. The molecule has 130 heavy (non-hydrogen) atoms. The molecule has 24 nitrogen and oxygen atoms in total. The van der Waals surface area contributed by atoms with Crippen molar-refractivity contribution in [3.63, 3.8) is 0 Å². The Morgan fingerprint density at radius 1 is 0.354 bits per heavy atom. The van der Waals surface area contributed by atoms with Crippen LogP contribution in [0.2, 0.25) is 0 Å². The Morgan fingerprint density at radius 2 is 0.731 bits per heavy atom. The second kappa shape index (κ2) is 51.2. The summed E-state index contributed by atoms with van der Waals surface area (Å²) in [4.78, 5) is 129. The highest BCUT2D eigenvalue weighted by molar-refractivity contribution is 6.08. The third kappa shape index (κ3) is 34.1. The van der Waals surface area contributed by atoms with Gasteiger partial charge in [0, 0.05) is 96.1 Å². The molecule has 0 bridgehead atoms. The number of fused-ring (bicyclic) bond motifs is 1. The molecule has 0 heterocycles. The highest BCUT2D eigenvalue weighted by Crippen LogP contribution is 2.31. The van der Waals surface area contributed by atoms with E-state index in [0.29, 0.717) is 104 Å². The predicted molar refractivity (Wildman–Crippen MR) is 496 cm³/mol. The fraction of sp³-hybridized carbons (Fsp3) is 0.221. The van der Waals surface area contributed by atoms with Crippen molar-refractivity contribution in [1.82, 2.24) is 5.32 Å². The first-order valence-corrected chi connectivity index (χ1v) is 42.5. The van der Waals surface area contributed by atoms with E-state index in [1.54, 1.807) is 79.9 Å². The topological polar surface area (TPSA) is 391 Å². The second-order valence-corrected chi connectivity index (χ2v) is 30.8. The van der Waals surface area contributed by atoms with E-state index in [9.17, 15) is 71.7 Å². The lowest BCUT2D eigenvalue weighted by atomic mass is 9.97. The quantitative estimate of drug-likeness (QED) is 0.0170. The van der Waals surface area contributed by atoms with Crippen molar-refractivity contribution in [1.29, 1.82) is 0 Å². The number of rotatable bonds is 40. The Balaban J connectivity index is 0.000000196. The molecule has 0 aliphatic carbocycles. The molecule has 12 rings (SSSR count). The highest BCUT2D eigenvalue weighted by atomic mass is 19.1. The number of ether oxygens (including phenoxy) is 1. The van der Waals surface area contributed by atoms with Gasteiger partial charge in [0.15, 0.2) is 0 Å². The van der Waals surface area contributed by atoms with Crippen LogP contribution >= 0.6 is 0 Å². The van der Waals surface area contributed by atoms with E-state index in [0.717, 1.165) is 91.8 Å². The largest absolute Gasteiger partial charge is 0.507 e. The molecule has 0 fully saturated rings. The fourth-order valence-corrected chi connectivity index (χ4v) is 13.7. The van der Waals surface area contributed by atoms with Crippen LogP contribution in [-0.4, -0.2) is 109 Å². The minimum Gasteiger partial charge on any atom is -0.507 e. The molecule has 12 N–H and O–H groups in total. The van der Waals surface area contributed by atoms with Crippen molar-refractivity contribution in [3.05, 3.63) is 352 Å². The van der Waals surface area contributed by atoms with Crippen LogP contribution in [0.25, 0.3) is 21.9 Å². The van der Waals surface area contributed by atoms with Crippen molar-refractivity contribution in [3.8, 4) is 22.6 Å². The number of hydrogen-bond acceptors (Lipinski definition) is 13. The van der Waals surface area contributed by atoms with Crippen LogP contribution in [-0.2, 0) is 83.3 Å². The van der Waals surface area contributed by atoms with E-state index in [1.807, 2.05) is 165 Å². The predicted octanol–water partition coefficient (Wildman–Crippen LogP) is 19.8. The maximum absolute atomic E-state index is 14.1. The summed E-state index contributed by atoms with van der Waals surface area (Å²) in [5.41, 5.74) is 12.5. The SMILES string of the molecule is COc1ccc2cc(C(C)C(=O)Nc3ccc(CCCC(=O)O)cc3)ccc2c1.O=C(CCCc1ccccc1)Nc1ccc(CCCC(=O)NC(Cc2ccccc2)C(=O)O)cc1.O=C(O)CCCc1ccc(NC(=O)c2cc(-c3ccc(F)cc3F)ccc2O)cc1.O=C(O)CCCc1ccc(NC(=O)c2ccc(C(=O)Nc3ccc(CCCC(=O)O)cc3)cc2)cc1. The summed E-state index contributed by atoms with van der Waals surface area (Å²) >= 11 is 0. The van der Waals surface area contributed by atoms with Crippen LogP contribution in [0.4, 0.5) is 37.2 Å². The summed E-state index contributed by atoms with van der Waals surface area (Å²) in [5.74, 6) is -7.09. The van der Waals surface area contributed by atoms with E-state index in [2.05, 4.69) is 44.0 Å². The Hall–Kier alpha value is -15.5. The number of aryl methyl sites for hydroxylation is 6. The van der Waals surface area contributed by atoms with Crippen molar-refractivity contribution in [2.45, 2.75) is 141 Å². The van der Waals surface area contributed by atoms with Crippen molar-refractivity contribution in [2.75, 3.05) is 33.7 Å². The van der Waals surface area contributed by atoms with Gasteiger partial charge in [0.1, 0.15) is 29.2 Å². The van der Waals surface area contributed by atoms with Crippen LogP contribution in [0.15, 0.2) is 279 Å². The third-order valence-corrected chi connectivity index (χ3v) is 20.9. The number of aliphatic carboxylic acids is 5. The van der Waals surface area contributed by atoms with Gasteiger partial charge in [0.05, 0.1) is 18.6 Å². The summed E-state index contributed by atoms with van der Waals surface area (Å²) in [7, 11) is 1.64. The minimum atomic E-state index is -1.04. The molecule has 12 aromatic carbocycles. The molecule has 2 atom stereocenters. The van der Waals surface area contributed by atoms with Crippen LogP contribution in [0, 0.1) is 11.6 Å². The molecule has 672 valence electrons. The lowest BCUT2D eigenvalue weighted by Gasteiger charge is -2.14. The van der Waals surface area contributed by atoms with Gasteiger partial charge in [-0.3, -0.25) is 47.9 Å². The number of benzene rings is 12. The Kier molecular flexibility index (Phi) is 38.7. The zero-order chi connectivity index (χ0) is 93.3. The summed E-state index contributed by atoms with van der Waals surface area (Å²) < 4.78 is 32.4. The smallest absolute Gasteiger partial charge is 0.326 e. The van der Waals surface area contributed by atoms with E-state index in [1.165, 1.54) is 29.8 Å². The van der Waals surface area contributed by atoms with Gasteiger partial charge >= 0.3 is 29.8 Å². The summed E-state index contributed by atoms with van der Waals surface area (Å²) in [5, 5.41) is 73.2. The van der Waals surface area contributed by atoms with Gasteiger partial charge in [-0.2, -0.15) is 0 Å². The van der Waals surface area contributed by atoms with Crippen LogP contribution in [0.1, 0.15) is 165 Å². The Labute approximate surface area is 751 Å². The molecule has 0 aliphatic rings. The monoisotopic (exact) mass is 1760 g/mol. The van der Waals surface area contributed by atoms with E-state index in [4.69, 9.17) is 25.2 Å². The Bertz CT molecular complexity index is 5710. The number of carbonyl (C=O) groups is 11. The average molecular weight is 1760 g/mol. The summed E-state index contributed by atoms with van der Waals surface area (Å²) in [6.45, 7) is 1.89. The number of methoxy groups -OCH3 is 1.